The highest BCUT2D eigenvalue weighted by Gasteiger charge is 2.51. The van der Waals surface area contributed by atoms with E-state index in [9.17, 15) is 45.6 Å². The van der Waals surface area contributed by atoms with Crippen molar-refractivity contribution < 1.29 is 64.6 Å². The van der Waals surface area contributed by atoms with E-state index in [4.69, 9.17) is 18.9 Å². The third-order valence-electron chi connectivity index (χ3n) is 15.6. The molecular formula is C68H119NO13. The minimum absolute atomic E-state index is 0.246. The standard InChI is InChI=1S/C68H119NO13/c1-3-5-7-9-11-13-15-17-19-21-23-24-25-26-27-28-29-30-31-32-34-36-38-40-42-44-46-48-50-52-60(73)69-56(57(72)51-49-47-45-43-41-39-37-35-33-22-20-18-16-14-12-10-8-6-4-2)55-79-67-65(78)63(76)66(59(54-71)81-67)82-68-64(77)62(75)61(74)58(53-70)80-68/h5,7,11,13,17,19,23-24,26-27,29-30,49,51,56-59,61-68,70-72,74-78H,3-4,6,8-10,12,14-16,18,20-22,25,28,31-48,50,52-55H2,1-2H3,(H,69,73)/b7-5-,13-11-,19-17-,24-23-,27-26-,30-29-,51-49+. The van der Waals surface area contributed by atoms with Crippen LogP contribution < -0.4 is 5.32 Å². The molecule has 1 amide bonds. The number of amides is 1. The van der Waals surface area contributed by atoms with Gasteiger partial charge in [-0.3, -0.25) is 4.79 Å². The van der Waals surface area contributed by atoms with Gasteiger partial charge in [-0.2, -0.15) is 0 Å². The maximum absolute atomic E-state index is 13.3. The average Bonchev–Trinajstić information content (AvgIpc) is 3.65. The zero-order valence-corrected chi connectivity index (χ0v) is 51.2. The number of aliphatic hydroxyl groups is 8. The first-order valence-corrected chi connectivity index (χ1v) is 32.8. The summed E-state index contributed by atoms with van der Waals surface area (Å²) in [4.78, 5) is 13.3. The smallest absolute Gasteiger partial charge is 0.220 e. The molecule has 0 aromatic heterocycles. The monoisotopic (exact) mass is 1160 g/mol. The van der Waals surface area contributed by atoms with Gasteiger partial charge in [0.15, 0.2) is 12.6 Å². The number of unbranched alkanes of at least 4 members (excludes halogenated alkanes) is 27. The highest BCUT2D eigenvalue weighted by Crippen LogP contribution is 2.30. The van der Waals surface area contributed by atoms with Gasteiger partial charge in [-0.05, 0) is 70.6 Å². The maximum Gasteiger partial charge on any atom is 0.220 e. The number of hydrogen-bond acceptors (Lipinski definition) is 13. The molecule has 474 valence electrons. The van der Waals surface area contributed by atoms with Crippen LogP contribution in [0, 0.1) is 0 Å². The highest BCUT2D eigenvalue weighted by molar-refractivity contribution is 5.76. The SMILES string of the molecule is CC/C=C\C/C=C\C/C=C\C/C=C\C/C=C\C/C=C\CCCCCCCCCCCCC(=O)NC(COC1OC(CO)C(OC2OC(CO)C(O)C(O)C2O)C(O)C1O)C(O)/C=C/CCCCCCCCCCCCCCCCCCC. The number of rotatable bonds is 52. The summed E-state index contributed by atoms with van der Waals surface area (Å²) in [6.07, 6.45) is 54.7. The molecule has 12 unspecified atom stereocenters. The Labute approximate surface area is 497 Å². The van der Waals surface area contributed by atoms with E-state index in [0.717, 1.165) is 83.5 Å². The molecule has 9 N–H and O–H groups in total. The predicted molar refractivity (Wildman–Crippen MR) is 332 cm³/mol. The molecule has 2 saturated heterocycles. The van der Waals surface area contributed by atoms with Gasteiger partial charge in [-0.15, -0.1) is 0 Å². The summed E-state index contributed by atoms with van der Waals surface area (Å²) < 4.78 is 22.8. The molecule has 0 aromatic rings. The molecule has 82 heavy (non-hydrogen) atoms. The summed E-state index contributed by atoms with van der Waals surface area (Å²) in [6, 6.07) is -0.923. The Hall–Kier alpha value is -2.83. The van der Waals surface area contributed by atoms with Crippen LogP contribution in [0.3, 0.4) is 0 Å². The third kappa shape index (κ3) is 36.9. The van der Waals surface area contributed by atoms with Crippen LogP contribution in [0.4, 0.5) is 0 Å². The summed E-state index contributed by atoms with van der Waals surface area (Å²) in [6.45, 7) is 2.69. The molecule has 14 nitrogen and oxygen atoms in total. The van der Waals surface area contributed by atoms with E-state index >= 15 is 0 Å². The molecule has 12 atom stereocenters. The normalized spacial score (nSPS) is 24.5. The molecule has 0 saturated carbocycles. The topological polar surface area (TPSA) is 228 Å². The fraction of sp³-hybridized carbons (Fsp3) is 0.779. The van der Waals surface area contributed by atoms with Crippen molar-refractivity contribution in [3.8, 4) is 0 Å². The Kier molecular flexibility index (Phi) is 48.2. The summed E-state index contributed by atoms with van der Waals surface area (Å²) in [5, 5.41) is 87.3. The van der Waals surface area contributed by atoms with E-state index in [-0.39, 0.29) is 18.9 Å². The number of carbonyl (C=O) groups excluding carboxylic acids is 1. The van der Waals surface area contributed by atoms with Crippen LogP contribution in [0.2, 0.25) is 0 Å². The van der Waals surface area contributed by atoms with Gasteiger partial charge < -0.3 is 65.1 Å². The molecule has 2 heterocycles. The van der Waals surface area contributed by atoms with Crippen molar-refractivity contribution in [3.05, 3.63) is 85.1 Å². The molecule has 0 aromatic carbocycles. The average molecular weight is 1160 g/mol. The van der Waals surface area contributed by atoms with E-state index in [1.54, 1.807) is 6.08 Å². The van der Waals surface area contributed by atoms with Crippen molar-refractivity contribution >= 4 is 5.91 Å². The molecule has 2 aliphatic rings. The zero-order valence-electron chi connectivity index (χ0n) is 51.2. The van der Waals surface area contributed by atoms with Crippen LogP contribution in [0.15, 0.2) is 85.1 Å². The van der Waals surface area contributed by atoms with Gasteiger partial charge in [0.1, 0.15) is 48.8 Å². The van der Waals surface area contributed by atoms with Crippen LogP contribution in [-0.2, 0) is 23.7 Å². The van der Waals surface area contributed by atoms with Gasteiger partial charge in [-0.1, -0.05) is 253 Å². The van der Waals surface area contributed by atoms with Gasteiger partial charge in [0.2, 0.25) is 5.91 Å². The zero-order chi connectivity index (χ0) is 59.5. The van der Waals surface area contributed by atoms with Crippen LogP contribution in [0.25, 0.3) is 0 Å². The van der Waals surface area contributed by atoms with E-state index < -0.39 is 86.8 Å². The Balaban J connectivity index is 1.71. The summed E-state index contributed by atoms with van der Waals surface area (Å²) in [7, 11) is 0. The lowest BCUT2D eigenvalue weighted by molar-refractivity contribution is -0.359. The van der Waals surface area contributed by atoms with E-state index in [0.29, 0.717) is 6.42 Å². The third-order valence-corrected chi connectivity index (χ3v) is 15.6. The fourth-order valence-electron chi connectivity index (χ4n) is 10.4. The van der Waals surface area contributed by atoms with Crippen LogP contribution >= 0.6 is 0 Å². The second-order valence-electron chi connectivity index (χ2n) is 22.9. The Bertz CT molecular complexity index is 1700. The minimum Gasteiger partial charge on any atom is -0.394 e. The first-order chi connectivity index (χ1) is 40.1. The van der Waals surface area contributed by atoms with Crippen molar-refractivity contribution in [2.75, 3.05) is 19.8 Å². The van der Waals surface area contributed by atoms with E-state index in [2.05, 4.69) is 92.1 Å². The molecule has 0 radical (unpaired) electrons. The fourth-order valence-corrected chi connectivity index (χ4v) is 10.4. The number of carbonyl (C=O) groups is 1. The van der Waals surface area contributed by atoms with Crippen molar-refractivity contribution in [2.45, 2.75) is 319 Å². The lowest BCUT2D eigenvalue weighted by Crippen LogP contribution is -2.65. The van der Waals surface area contributed by atoms with Crippen molar-refractivity contribution in [3.63, 3.8) is 0 Å². The number of ether oxygens (including phenoxy) is 4. The van der Waals surface area contributed by atoms with Crippen molar-refractivity contribution in [1.82, 2.24) is 5.32 Å². The number of aliphatic hydroxyl groups excluding tert-OH is 8. The first-order valence-electron chi connectivity index (χ1n) is 32.8. The lowest BCUT2D eigenvalue weighted by Gasteiger charge is -2.46. The molecule has 2 rings (SSSR count). The first kappa shape index (κ1) is 75.3. The van der Waals surface area contributed by atoms with Crippen molar-refractivity contribution in [2.24, 2.45) is 0 Å². The summed E-state index contributed by atoms with van der Waals surface area (Å²) in [5.74, 6) is -0.246. The van der Waals surface area contributed by atoms with Crippen LogP contribution in [0.1, 0.15) is 245 Å². The molecular weight excluding hydrogens is 1040 g/mol. The summed E-state index contributed by atoms with van der Waals surface area (Å²) >= 11 is 0. The Morgan fingerprint density at radius 2 is 0.841 bits per heavy atom. The molecule has 0 spiro atoms. The van der Waals surface area contributed by atoms with Gasteiger partial charge in [0.25, 0.3) is 0 Å². The Morgan fingerprint density at radius 1 is 0.451 bits per heavy atom. The highest BCUT2D eigenvalue weighted by atomic mass is 16.7. The van der Waals surface area contributed by atoms with E-state index in [1.165, 1.54) is 135 Å². The Morgan fingerprint density at radius 3 is 1.29 bits per heavy atom. The second-order valence-corrected chi connectivity index (χ2v) is 22.9. The van der Waals surface area contributed by atoms with Crippen LogP contribution in [0.5, 0.6) is 0 Å². The maximum atomic E-state index is 13.3. The van der Waals surface area contributed by atoms with Gasteiger partial charge >= 0.3 is 0 Å². The largest absolute Gasteiger partial charge is 0.394 e. The minimum atomic E-state index is -1.79. The number of nitrogens with one attached hydrogen (secondary N) is 1. The van der Waals surface area contributed by atoms with Crippen molar-refractivity contribution in [1.29, 1.82) is 0 Å². The number of hydrogen-bond donors (Lipinski definition) is 9. The van der Waals surface area contributed by atoms with Gasteiger partial charge in [0, 0.05) is 6.42 Å². The second kappa shape index (κ2) is 52.5. The van der Waals surface area contributed by atoms with Gasteiger partial charge in [-0.25, -0.2) is 0 Å². The summed E-state index contributed by atoms with van der Waals surface area (Å²) in [5.41, 5.74) is 0. The van der Waals surface area contributed by atoms with Crippen LogP contribution in [-0.4, -0.2) is 140 Å². The molecule has 0 bridgehead atoms. The molecule has 0 aliphatic carbocycles. The van der Waals surface area contributed by atoms with Gasteiger partial charge in [0.05, 0.1) is 32.0 Å². The lowest BCUT2D eigenvalue weighted by atomic mass is 9.97. The number of allylic oxidation sites excluding steroid dienone is 13. The molecule has 2 aliphatic heterocycles. The predicted octanol–water partition coefficient (Wildman–Crippen LogP) is 12.4. The van der Waals surface area contributed by atoms with E-state index in [1.807, 2.05) is 6.08 Å². The molecule has 14 heteroatoms. The quantitative estimate of drug-likeness (QED) is 0.0204. The molecule has 2 fully saturated rings.